The summed E-state index contributed by atoms with van der Waals surface area (Å²) in [7, 11) is 3.90. The SMILES string of the molecule is CN=C(NCCCSC)N(C)Cc1ccc(Br)s1. The topological polar surface area (TPSA) is 27.6 Å². The largest absolute Gasteiger partial charge is 0.356 e. The van der Waals surface area contributed by atoms with Crippen molar-refractivity contribution in [3.05, 3.63) is 20.8 Å². The third-order valence-electron chi connectivity index (χ3n) is 2.40. The van der Waals surface area contributed by atoms with Gasteiger partial charge in [-0.3, -0.25) is 4.99 Å². The Balaban J connectivity index is 2.40. The van der Waals surface area contributed by atoms with Gasteiger partial charge in [-0.25, -0.2) is 0 Å². The van der Waals surface area contributed by atoms with Crippen LogP contribution >= 0.6 is 39.0 Å². The Morgan fingerprint density at radius 1 is 1.56 bits per heavy atom. The first-order chi connectivity index (χ1) is 8.67. The van der Waals surface area contributed by atoms with Crippen molar-refractivity contribution < 1.29 is 0 Å². The third-order valence-corrected chi connectivity index (χ3v) is 4.71. The number of hydrogen-bond donors (Lipinski definition) is 1. The summed E-state index contributed by atoms with van der Waals surface area (Å²) < 4.78 is 1.17. The van der Waals surface area contributed by atoms with Crippen molar-refractivity contribution >= 4 is 45.0 Å². The van der Waals surface area contributed by atoms with Gasteiger partial charge in [-0.1, -0.05) is 0 Å². The van der Waals surface area contributed by atoms with Gasteiger partial charge in [0.2, 0.25) is 0 Å². The van der Waals surface area contributed by atoms with E-state index in [0.29, 0.717) is 0 Å². The van der Waals surface area contributed by atoms with Gasteiger partial charge in [0.05, 0.1) is 10.3 Å². The molecule has 0 fully saturated rings. The zero-order chi connectivity index (χ0) is 13.4. The number of hydrogen-bond acceptors (Lipinski definition) is 3. The standard InChI is InChI=1S/C12H20BrN3S2/c1-14-12(15-7-4-8-17-3)16(2)9-10-5-6-11(13)18-10/h5-6H,4,7-9H2,1-3H3,(H,14,15). The highest BCUT2D eigenvalue weighted by Gasteiger charge is 2.07. The first-order valence-corrected chi connectivity index (χ1v) is 8.82. The lowest BCUT2D eigenvalue weighted by atomic mass is 10.4. The highest BCUT2D eigenvalue weighted by molar-refractivity contribution is 9.11. The van der Waals surface area contributed by atoms with Crippen LogP contribution in [0.2, 0.25) is 0 Å². The van der Waals surface area contributed by atoms with Crippen molar-refractivity contribution in [2.45, 2.75) is 13.0 Å². The predicted molar refractivity (Wildman–Crippen MR) is 87.8 cm³/mol. The Bertz CT molecular complexity index is 379. The molecule has 0 radical (unpaired) electrons. The molecule has 3 nitrogen and oxygen atoms in total. The van der Waals surface area contributed by atoms with Gasteiger partial charge in [-0.05, 0) is 46.5 Å². The Morgan fingerprint density at radius 3 is 2.89 bits per heavy atom. The molecule has 0 amide bonds. The van der Waals surface area contributed by atoms with E-state index in [1.807, 2.05) is 18.8 Å². The molecule has 18 heavy (non-hydrogen) atoms. The number of thioether (sulfide) groups is 1. The molecule has 0 aromatic carbocycles. The molecule has 0 saturated carbocycles. The molecule has 1 aromatic rings. The van der Waals surface area contributed by atoms with E-state index in [1.165, 1.54) is 20.8 Å². The van der Waals surface area contributed by atoms with Crippen LogP contribution in [0, 0.1) is 0 Å². The van der Waals surface area contributed by atoms with Gasteiger partial charge >= 0.3 is 0 Å². The summed E-state index contributed by atoms with van der Waals surface area (Å²) in [6.07, 6.45) is 3.30. The molecule has 0 aliphatic heterocycles. The molecule has 0 atom stereocenters. The highest BCUT2D eigenvalue weighted by Crippen LogP contribution is 2.22. The smallest absolute Gasteiger partial charge is 0.193 e. The summed E-state index contributed by atoms with van der Waals surface area (Å²) in [5, 5.41) is 3.39. The van der Waals surface area contributed by atoms with Crippen molar-refractivity contribution in [1.82, 2.24) is 10.2 Å². The van der Waals surface area contributed by atoms with Crippen LogP contribution in [0.15, 0.2) is 20.9 Å². The van der Waals surface area contributed by atoms with Gasteiger partial charge in [-0.15, -0.1) is 11.3 Å². The van der Waals surface area contributed by atoms with Crippen molar-refractivity contribution in [3.8, 4) is 0 Å². The molecule has 102 valence electrons. The average Bonchev–Trinajstić information content (AvgIpc) is 2.75. The summed E-state index contributed by atoms with van der Waals surface area (Å²) in [5.74, 6) is 2.15. The van der Waals surface area contributed by atoms with E-state index < -0.39 is 0 Å². The maximum Gasteiger partial charge on any atom is 0.193 e. The second-order valence-corrected chi connectivity index (χ2v) is 7.42. The van der Waals surface area contributed by atoms with Crippen LogP contribution in [-0.4, -0.2) is 43.5 Å². The zero-order valence-corrected chi connectivity index (χ0v) is 14.3. The molecule has 0 aliphatic carbocycles. The first-order valence-electron chi connectivity index (χ1n) is 5.82. The quantitative estimate of drug-likeness (QED) is 0.485. The predicted octanol–water partition coefficient (Wildman–Crippen LogP) is 3.27. The Labute approximate surface area is 126 Å². The first kappa shape index (κ1) is 15.9. The van der Waals surface area contributed by atoms with E-state index in [9.17, 15) is 0 Å². The fraction of sp³-hybridized carbons (Fsp3) is 0.583. The van der Waals surface area contributed by atoms with Gasteiger partial charge in [0.1, 0.15) is 0 Å². The van der Waals surface area contributed by atoms with Crippen LogP contribution in [0.5, 0.6) is 0 Å². The summed E-state index contributed by atoms with van der Waals surface area (Å²) in [6, 6.07) is 4.23. The second-order valence-electron chi connectivity index (χ2n) is 3.88. The molecule has 1 rings (SSSR count). The molecule has 6 heteroatoms. The number of guanidine groups is 1. The zero-order valence-electron chi connectivity index (χ0n) is 11.1. The maximum absolute atomic E-state index is 4.31. The van der Waals surface area contributed by atoms with Gasteiger partial charge < -0.3 is 10.2 Å². The summed E-state index contributed by atoms with van der Waals surface area (Å²) >= 11 is 7.13. The molecular weight excluding hydrogens is 330 g/mol. The Kier molecular flexibility index (Phi) is 7.77. The Hall–Kier alpha value is -0.200. The van der Waals surface area contributed by atoms with Crippen LogP contribution in [0.3, 0.4) is 0 Å². The minimum atomic E-state index is 0.887. The van der Waals surface area contributed by atoms with E-state index in [4.69, 9.17) is 0 Å². The number of thiophene rings is 1. The number of rotatable bonds is 6. The van der Waals surface area contributed by atoms with Crippen LogP contribution in [0.4, 0.5) is 0 Å². The minimum absolute atomic E-state index is 0.887. The number of nitrogens with zero attached hydrogens (tertiary/aromatic N) is 2. The number of aliphatic imine (C=N–C) groups is 1. The van der Waals surface area contributed by atoms with Gasteiger partial charge in [-0.2, -0.15) is 11.8 Å². The minimum Gasteiger partial charge on any atom is -0.356 e. The normalized spacial score (nSPS) is 11.7. The molecule has 1 aromatic heterocycles. The molecule has 0 aliphatic rings. The average molecular weight is 350 g/mol. The highest BCUT2D eigenvalue weighted by atomic mass is 79.9. The van der Waals surface area contributed by atoms with Crippen molar-refractivity contribution in [2.24, 2.45) is 4.99 Å². The van der Waals surface area contributed by atoms with Crippen LogP contribution in [0.25, 0.3) is 0 Å². The molecule has 0 unspecified atom stereocenters. The van der Waals surface area contributed by atoms with Crippen LogP contribution in [-0.2, 0) is 6.54 Å². The van der Waals surface area contributed by atoms with Gasteiger partial charge in [0.25, 0.3) is 0 Å². The van der Waals surface area contributed by atoms with Gasteiger partial charge in [0.15, 0.2) is 5.96 Å². The summed E-state index contributed by atoms with van der Waals surface area (Å²) in [4.78, 5) is 7.79. The lowest BCUT2D eigenvalue weighted by Gasteiger charge is -2.21. The number of halogens is 1. The monoisotopic (exact) mass is 349 g/mol. The molecule has 1 N–H and O–H groups in total. The van der Waals surface area contributed by atoms with Gasteiger partial charge in [0, 0.05) is 25.5 Å². The molecule has 0 spiro atoms. The molecular formula is C12H20BrN3S2. The van der Waals surface area contributed by atoms with Crippen LogP contribution < -0.4 is 5.32 Å². The molecule has 0 saturated heterocycles. The lowest BCUT2D eigenvalue weighted by molar-refractivity contribution is 0.481. The van der Waals surface area contributed by atoms with E-state index in [0.717, 1.165) is 19.0 Å². The molecule has 1 heterocycles. The molecule has 0 bridgehead atoms. The van der Waals surface area contributed by atoms with Crippen molar-refractivity contribution in [2.75, 3.05) is 32.6 Å². The fourth-order valence-corrected chi connectivity index (χ4v) is 3.52. The van der Waals surface area contributed by atoms with E-state index in [1.54, 1.807) is 11.3 Å². The second kappa shape index (κ2) is 8.82. The van der Waals surface area contributed by atoms with E-state index >= 15 is 0 Å². The fourth-order valence-electron chi connectivity index (χ4n) is 1.55. The van der Waals surface area contributed by atoms with Crippen LogP contribution in [0.1, 0.15) is 11.3 Å². The van der Waals surface area contributed by atoms with E-state index in [-0.39, 0.29) is 0 Å². The summed E-state index contributed by atoms with van der Waals surface area (Å²) in [5.41, 5.74) is 0. The Morgan fingerprint density at radius 2 is 2.33 bits per heavy atom. The number of nitrogens with one attached hydrogen (secondary N) is 1. The summed E-state index contributed by atoms with van der Waals surface area (Å²) in [6.45, 7) is 1.87. The lowest BCUT2D eigenvalue weighted by Crippen LogP contribution is -2.38. The maximum atomic E-state index is 4.31. The van der Waals surface area contributed by atoms with Crippen molar-refractivity contribution in [3.63, 3.8) is 0 Å². The van der Waals surface area contributed by atoms with E-state index in [2.05, 4.69) is 56.6 Å². The van der Waals surface area contributed by atoms with Crippen molar-refractivity contribution in [1.29, 1.82) is 0 Å². The third kappa shape index (κ3) is 5.63.